The van der Waals surface area contributed by atoms with Crippen LogP contribution in [0.4, 0.5) is 9.59 Å². The number of ether oxygens (including phenoxy) is 2. The van der Waals surface area contributed by atoms with E-state index in [0.29, 0.717) is 18.4 Å². The number of amides is 2. The highest BCUT2D eigenvalue weighted by atomic mass is 32.1. The summed E-state index contributed by atoms with van der Waals surface area (Å²) in [5.74, 6) is -0.0102. The highest BCUT2D eigenvalue weighted by molar-refractivity contribution is 7.09. The largest absolute Gasteiger partial charge is 0.508 e. The molecule has 2 amide bonds. The first-order valence-corrected chi connectivity index (χ1v) is 13.1. The fourth-order valence-electron chi connectivity index (χ4n) is 3.63. The van der Waals surface area contributed by atoms with E-state index in [4.69, 9.17) is 9.47 Å². The highest BCUT2D eigenvalue weighted by Crippen LogP contribution is 2.23. The van der Waals surface area contributed by atoms with Crippen LogP contribution in [0.3, 0.4) is 0 Å². The third kappa shape index (κ3) is 9.66. The first kappa shape index (κ1) is 28.9. The zero-order chi connectivity index (χ0) is 27.5. The number of hydrogen-bond acceptors (Lipinski definition) is 9. The van der Waals surface area contributed by atoms with Crippen LogP contribution in [0.1, 0.15) is 61.9 Å². The predicted octanol–water partition coefficient (Wildman–Crippen LogP) is 5.03. The minimum atomic E-state index is -1.25. The van der Waals surface area contributed by atoms with E-state index in [2.05, 4.69) is 15.7 Å². The van der Waals surface area contributed by atoms with Crippen LogP contribution >= 0.6 is 11.3 Å². The summed E-state index contributed by atoms with van der Waals surface area (Å²) < 4.78 is 10.7. The van der Waals surface area contributed by atoms with E-state index in [1.807, 2.05) is 30.3 Å². The van der Waals surface area contributed by atoms with Crippen LogP contribution in [0.25, 0.3) is 0 Å². The molecule has 2 atom stereocenters. The Morgan fingerprint density at radius 2 is 1.82 bits per heavy atom. The lowest BCUT2D eigenvalue weighted by atomic mass is 10.0. The number of aliphatic hydroxyl groups is 1. The number of hydrogen-bond donors (Lipinski definition) is 4. The molecule has 0 bridgehead atoms. The molecule has 11 heteroatoms. The topological polar surface area (TPSA) is 133 Å². The molecule has 1 aromatic heterocycles. The van der Waals surface area contributed by atoms with Crippen LogP contribution in [-0.2, 0) is 16.1 Å². The molecule has 204 valence electrons. The molecule has 0 radical (unpaired) electrons. The SMILES string of the molecule is CC(C)(C)OC(=O)NN(CCCC(NC(=O)OCc1cncs1)c1ccccc1)C(O)c1cccc(O)c1. The maximum Gasteiger partial charge on any atom is 0.422 e. The van der Waals surface area contributed by atoms with Crippen LogP contribution in [0.2, 0.25) is 0 Å². The van der Waals surface area contributed by atoms with Gasteiger partial charge in [0.1, 0.15) is 24.2 Å². The zero-order valence-corrected chi connectivity index (χ0v) is 22.5. The van der Waals surface area contributed by atoms with E-state index < -0.39 is 24.0 Å². The van der Waals surface area contributed by atoms with E-state index in [9.17, 15) is 19.8 Å². The molecule has 10 nitrogen and oxygen atoms in total. The third-order valence-electron chi connectivity index (χ3n) is 5.31. The van der Waals surface area contributed by atoms with Crippen molar-refractivity contribution in [1.29, 1.82) is 0 Å². The first-order chi connectivity index (χ1) is 18.1. The smallest absolute Gasteiger partial charge is 0.422 e. The lowest BCUT2D eigenvalue weighted by molar-refractivity contribution is -0.0448. The Bertz CT molecular complexity index is 1150. The van der Waals surface area contributed by atoms with Crippen molar-refractivity contribution < 1.29 is 29.3 Å². The van der Waals surface area contributed by atoms with Crippen LogP contribution in [-0.4, -0.2) is 44.5 Å². The second kappa shape index (κ2) is 13.8. The van der Waals surface area contributed by atoms with Crippen molar-refractivity contribution in [3.63, 3.8) is 0 Å². The standard InChI is InChI=1S/C27H34N4O6S/c1-27(2,3)37-26(35)30-31(24(33)20-11-7-12-21(32)15-20)14-8-13-23(19-9-5-4-6-10-19)29-25(34)36-17-22-16-28-18-38-22/h4-7,9-12,15-16,18,23-24,32-33H,8,13-14,17H2,1-3H3,(H,29,34)(H,30,35). The average Bonchev–Trinajstić information content (AvgIpc) is 3.39. The van der Waals surface area contributed by atoms with Gasteiger partial charge >= 0.3 is 12.2 Å². The highest BCUT2D eigenvalue weighted by Gasteiger charge is 2.24. The molecule has 2 aromatic carbocycles. The normalized spacial score (nSPS) is 13.0. The number of phenolic OH excluding ortho intramolecular Hbond substituents is 1. The van der Waals surface area contributed by atoms with Gasteiger partial charge < -0.3 is 25.0 Å². The summed E-state index contributed by atoms with van der Waals surface area (Å²) in [5, 5.41) is 25.1. The molecule has 38 heavy (non-hydrogen) atoms. The Morgan fingerprint density at radius 3 is 2.47 bits per heavy atom. The number of nitrogens with one attached hydrogen (secondary N) is 2. The maximum atomic E-state index is 12.5. The van der Waals surface area contributed by atoms with Crippen molar-refractivity contribution >= 4 is 23.5 Å². The molecule has 0 aliphatic carbocycles. The number of phenols is 1. The van der Waals surface area contributed by atoms with Gasteiger partial charge in [-0.05, 0) is 51.3 Å². The van der Waals surface area contributed by atoms with Gasteiger partial charge in [0.15, 0.2) is 0 Å². The van der Waals surface area contributed by atoms with Gasteiger partial charge in [0.2, 0.25) is 0 Å². The summed E-state index contributed by atoms with van der Waals surface area (Å²) in [4.78, 5) is 29.8. The predicted molar refractivity (Wildman–Crippen MR) is 143 cm³/mol. The zero-order valence-electron chi connectivity index (χ0n) is 21.7. The van der Waals surface area contributed by atoms with Crippen molar-refractivity contribution in [2.24, 2.45) is 0 Å². The summed E-state index contributed by atoms with van der Waals surface area (Å²) in [6.07, 6.45) is 0.0784. The quantitative estimate of drug-likeness (QED) is 0.196. The molecule has 0 saturated carbocycles. The fourth-order valence-corrected chi connectivity index (χ4v) is 4.14. The second-order valence-corrected chi connectivity index (χ2v) is 10.5. The van der Waals surface area contributed by atoms with Crippen molar-refractivity contribution in [2.45, 2.75) is 58.1 Å². The van der Waals surface area contributed by atoms with Crippen LogP contribution in [0.15, 0.2) is 66.3 Å². The molecule has 2 unspecified atom stereocenters. The lowest BCUT2D eigenvalue weighted by Crippen LogP contribution is -2.47. The number of aliphatic hydroxyl groups excluding tert-OH is 1. The number of carbonyl (C=O) groups is 2. The molecule has 0 saturated heterocycles. The number of thiazole rings is 1. The molecule has 3 aromatic rings. The number of alkyl carbamates (subject to hydrolysis) is 1. The van der Waals surface area contributed by atoms with Gasteiger partial charge in [-0.25, -0.2) is 9.59 Å². The minimum absolute atomic E-state index is 0.0102. The number of aromatic nitrogens is 1. The van der Waals surface area contributed by atoms with Crippen molar-refractivity contribution in [2.75, 3.05) is 6.54 Å². The lowest BCUT2D eigenvalue weighted by Gasteiger charge is -2.30. The Balaban J connectivity index is 1.67. The molecule has 0 aliphatic heterocycles. The first-order valence-electron chi connectivity index (χ1n) is 12.2. The van der Waals surface area contributed by atoms with Gasteiger partial charge in [-0.3, -0.25) is 10.4 Å². The summed E-state index contributed by atoms with van der Waals surface area (Å²) in [7, 11) is 0. The molecule has 0 spiro atoms. The van der Waals surface area contributed by atoms with E-state index in [1.165, 1.54) is 28.5 Å². The van der Waals surface area contributed by atoms with Crippen molar-refractivity contribution in [1.82, 2.24) is 20.7 Å². The number of hydrazine groups is 1. The fraction of sp³-hybridized carbons (Fsp3) is 0.370. The van der Waals surface area contributed by atoms with Gasteiger partial charge in [-0.1, -0.05) is 42.5 Å². The number of benzene rings is 2. The average molecular weight is 543 g/mol. The van der Waals surface area contributed by atoms with E-state index >= 15 is 0 Å². The van der Waals surface area contributed by atoms with Crippen molar-refractivity contribution in [3.05, 3.63) is 82.3 Å². The summed E-state index contributed by atoms with van der Waals surface area (Å²) in [6.45, 7) is 5.57. The molecular weight excluding hydrogens is 508 g/mol. The van der Waals surface area contributed by atoms with Crippen LogP contribution in [0.5, 0.6) is 5.75 Å². The Morgan fingerprint density at radius 1 is 1.08 bits per heavy atom. The number of nitrogens with zero attached hydrogens (tertiary/aromatic N) is 2. The molecule has 0 aliphatic rings. The number of aromatic hydroxyl groups is 1. The Kier molecular flexibility index (Phi) is 10.5. The Hall–Kier alpha value is -3.67. The molecule has 0 fully saturated rings. The molecule has 1 heterocycles. The van der Waals surface area contributed by atoms with Gasteiger partial charge in [0.25, 0.3) is 0 Å². The van der Waals surface area contributed by atoms with Crippen molar-refractivity contribution in [3.8, 4) is 5.75 Å². The third-order valence-corrected chi connectivity index (χ3v) is 6.07. The van der Waals surface area contributed by atoms with Gasteiger partial charge in [0.05, 0.1) is 16.4 Å². The van der Waals surface area contributed by atoms with Gasteiger partial charge in [0, 0.05) is 18.3 Å². The monoisotopic (exact) mass is 542 g/mol. The summed E-state index contributed by atoms with van der Waals surface area (Å²) in [6, 6.07) is 15.3. The number of carbonyl (C=O) groups excluding carboxylic acids is 2. The molecule has 3 rings (SSSR count). The van der Waals surface area contributed by atoms with Crippen LogP contribution < -0.4 is 10.7 Å². The molecular formula is C27H34N4O6S. The summed E-state index contributed by atoms with van der Waals surface area (Å²) in [5.41, 5.74) is 4.83. The van der Waals surface area contributed by atoms with Crippen LogP contribution in [0, 0.1) is 0 Å². The van der Waals surface area contributed by atoms with Gasteiger partial charge in [-0.2, -0.15) is 5.01 Å². The maximum absolute atomic E-state index is 12.5. The van der Waals surface area contributed by atoms with E-state index in [-0.39, 0.29) is 24.9 Å². The minimum Gasteiger partial charge on any atom is -0.508 e. The Labute approximate surface area is 226 Å². The van der Waals surface area contributed by atoms with E-state index in [0.717, 1.165) is 10.4 Å². The van der Waals surface area contributed by atoms with E-state index in [1.54, 1.807) is 44.6 Å². The number of rotatable bonds is 11. The van der Waals surface area contributed by atoms with Gasteiger partial charge in [-0.15, -0.1) is 11.3 Å². The summed E-state index contributed by atoms with van der Waals surface area (Å²) >= 11 is 1.40. The second-order valence-electron chi connectivity index (χ2n) is 9.57. The molecule has 4 N–H and O–H groups in total.